The average molecular weight is 463 g/mol. The lowest BCUT2D eigenvalue weighted by Crippen LogP contribution is -2.37. The fourth-order valence-electron chi connectivity index (χ4n) is 3.93. The van der Waals surface area contributed by atoms with E-state index in [4.69, 9.17) is 16.1 Å². The summed E-state index contributed by atoms with van der Waals surface area (Å²) in [4.78, 5) is 19.6. The van der Waals surface area contributed by atoms with E-state index in [1.165, 1.54) is 4.31 Å². The molecule has 31 heavy (non-hydrogen) atoms. The minimum Gasteiger partial charge on any atom is -0.360 e. The molecular formula is C21H23ClN4O4S. The Hall–Kier alpha value is -2.49. The number of hydrogen-bond acceptors (Lipinski definition) is 6. The van der Waals surface area contributed by atoms with Crippen molar-refractivity contribution in [3.8, 4) is 0 Å². The van der Waals surface area contributed by atoms with Crippen molar-refractivity contribution >= 4 is 38.4 Å². The summed E-state index contributed by atoms with van der Waals surface area (Å²) in [5.74, 6) is 0.117. The van der Waals surface area contributed by atoms with Crippen LogP contribution in [-0.4, -0.2) is 59.8 Å². The molecule has 1 aromatic carbocycles. The van der Waals surface area contributed by atoms with Gasteiger partial charge >= 0.3 is 0 Å². The minimum atomic E-state index is -3.74. The molecule has 4 rings (SSSR count). The van der Waals surface area contributed by atoms with Gasteiger partial charge in [-0.1, -0.05) is 22.8 Å². The van der Waals surface area contributed by atoms with Crippen molar-refractivity contribution < 1.29 is 17.7 Å². The van der Waals surface area contributed by atoms with E-state index in [1.807, 2.05) is 12.1 Å². The van der Waals surface area contributed by atoms with E-state index in [0.717, 1.165) is 10.9 Å². The van der Waals surface area contributed by atoms with Crippen LogP contribution in [-0.2, 0) is 10.0 Å². The van der Waals surface area contributed by atoms with Crippen LogP contribution in [0.5, 0.6) is 0 Å². The Kier molecular flexibility index (Phi) is 5.76. The van der Waals surface area contributed by atoms with Crippen LogP contribution in [0.4, 0.5) is 0 Å². The second kappa shape index (κ2) is 8.22. The monoisotopic (exact) mass is 462 g/mol. The van der Waals surface area contributed by atoms with Crippen molar-refractivity contribution in [3.63, 3.8) is 0 Å². The summed E-state index contributed by atoms with van der Waals surface area (Å²) in [6.45, 7) is 6.27. The lowest BCUT2D eigenvalue weighted by molar-refractivity contribution is 0.0763. The minimum absolute atomic E-state index is 0.112. The molecule has 0 unspecified atom stereocenters. The Bertz CT molecular complexity index is 1250. The smallest absolute Gasteiger partial charge is 0.255 e. The van der Waals surface area contributed by atoms with Gasteiger partial charge in [0.05, 0.1) is 16.8 Å². The predicted octanol–water partition coefficient (Wildman–Crippen LogP) is 3.34. The molecule has 0 N–H and O–H groups in total. The zero-order valence-corrected chi connectivity index (χ0v) is 19.1. The first-order chi connectivity index (χ1) is 14.7. The molecule has 2 aromatic heterocycles. The Morgan fingerprint density at radius 1 is 1.06 bits per heavy atom. The number of rotatable bonds is 3. The summed E-state index contributed by atoms with van der Waals surface area (Å²) in [6.07, 6.45) is 0.532. The first-order valence-corrected chi connectivity index (χ1v) is 11.8. The molecule has 1 aliphatic heterocycles. The quantitative estimate of drug-likeness (QED) is 0.592. The van der Waals surface area contributed by atoms with Crippen molar-refractivity contribution in [1.82, 2.24) is 19.3 Å². The van der Waals surface area contributed by atoms with Gasteiger partial charge in [-0.25, -0.2) is 8.42 Å². The predicted molar refractivity (Wildman–Crippen MR) is 117 cm³/mol. The first kappa shape index (κ1) is 21.7. The molecule has 0 radical (unpaired) electrons. The number of aromatic nitrogens is 2. The third kappa shape index (κ3) is 4.05. The highest BCUT2D eigenvalue weighted by molar-refractivity contribution is 7.89. The van der Waals surface area contributed by atoms with Gasteiger partial charge in [-0.3, -0.25) is 9.78 Å². The number of sulfonamides is 1. The van der Waals surface area contributed by atoms with E-state index < -0.39 is 10.0 Å². The topological polar surface area (TPSA) is 96.6 Å². The fourth-order valence-corrected chi connectivity index (χ4v) is 5.86. The van der Waals surface area contributed by atoms with Gasteiger partial charge in [0.15, 0.2) is 5.76 Å². The van der Waals surface area contributed by atoms with E-state index in [0.29, 0.717) is 48.0 Å². The number of benzene rings is 1. The van der Waals surface area contributed by atoms with Gasteiger partial charge in [0, 0.05) is 36.6 Å². The van der Waals surface area contributed by atoms with Crippen LogP contribution in [0, 0.1) is 20.8 Å². The highest BCUT2D eigenvalue weighted by atomic mass is 35.5. The fraction of sp³-hybridized carbons (Fsp3) is 0.381. The SMILES string of the molecule is Cc1nc2cc(Cl)ccc2cc1C(=O)N1CCCN(S(=O)(=O)c2c(C)noc2C)CC1. The maximum absolute atomic E-state index is 13.2. The zero-order chi connectivity index (χ0) is 22.3. The van der Waals surface area contributed by atoms with Gasteiger partial charge in [0.1, 0.15) is 10.6 Å². The van der Waals surface area contributed by atoms with Crippen LogP contribution in [0.15, 0.2) is 33.7 Å². The maximum atomic E-state index is 13.2. The molecule has 1 aliphatic rings. The van der Waals surface area contributed by atoms with Crippen LogP contribution in [0.2, 0.25) is 5.02 Å². The Morgan fingerprint density at radius 3 is 2.55 bits per heavy atom. The molecule has 164 valence electrons. The summed E-state index contributed by atoms with van der Waals surface area (Å²) in [5.41, 5.74) is 2.20. The van der Waals surface area contributed by atoms with E-state index >= 15 is 0 Å². The number of carbonyl (C=O) groups excluding carboxylic acids is 1. The molecule has 8 nitrogen and oxygen atoms in total. The standard InChI is InChI=1S/C21H23ClN4O4S/c1-13-18(11-16-5-6-17(22)12-19(16)23-13)21(27)25-7-4-8-26(10-9-25)31(28,29)20-14(2)24-30-15(20)3/h5-6,11-12H,4,7-10H2,1-3H3. The van der Waals surface area contributed by atoms with Crippen molar-refractivity contribution in [1.29, 1.82) is 0 Å². The van der Waals surface area contributed by atoms with Crippen LogP contribution < -0.4 is 0 Å². The molecule has 1 fully saturated rings. The number of hydrogen-bond donors (Lipinski definition) is 0. The summed E-state index contributed by atoms with van der Waals surface area (Å²) < 4.78 is 32.7. The van der Waals surface area contributed by atoms with Gasteiger partial charge in [0.2, 0.25) is 10.0 Å². The lowest BCUT2D eigenvalue weighted by Gasteiger charge is -2.22. The number of nitrogens with zero attached hydrogens (tertiary/aromatic N) is 4. The van der Waals surface area contributed by atoms with Crippen molar-refractivity contribution in [2.45, 2.75) is 32.1 Å². The molecule has 0 aliphatic carbocycles. The number of aryl methyl sites for hydroxylation is 3. The number of amides is 1. The van der Waals surface area contributed by atoms with Crippen LogP contribution >= 0.6 is 11.6 Å². The Balaban J connectivity index is 1.56. The molecule has 0 bridgehead atoms. The van der Waals surface area contributed by atoms with Crippen LogP contribution in [0.3, 0.4) is 0 Å². The number of fused-ring (bicyclic) bond motifs is 1. The second-order valence-corrected chi connectivity index (χ2v) is 9.97. The van der Waals surface area contributed by atoms with E-state index in [2.05, 4.69) is 10.1 Å². The lowest BCUT2D eigenvalue weighted by atomic mass is 10.1. The third-order valence-corrected chi connectivity index (χ3v) is 7.89. The highest BCUT2D eigenvalue weighted by Crippen LogP contribution is 2.25. The molecule has 1 amide bonds. The molecular weight excluding hydrogens is 440 g/mol. The van der Waals surface area contributed by atoms with Crippen LogP contribution in [0.1, 0.15) is 33.9 Å². The summed E-state index contributed by atoms with van der Waals surface area (Å²) in [7, 11) is -3.74. The largest absolute Gasteiger partial charge is 0.360 e. The molecule has 10 heteroatoms. The average Bonchev–Trinajstić information content (AvgIpc) is 2.92. The number of pyridine rings is 1. The zero-order valence-electron chi connectivity index (χ0n) is 17.6. The van der Waals surface area contributed by atoms with E-state index in [-0.39, 0.29) is 23.1 Å². The Morgan fingerprint density at radius 2 is 1.84 bits per heavy atom. The van der Waals surface area contributed by atoms with E-state index in [9.17, 15) is 13.2 Å². The normalized spacial score (nSPS) is 15.9. The van der Waals surface area contributed by atoms with Crippen molar-refractivity contribution in [3.05, 3.63) is 52.0 Å². The van der Waals surface area contributed by atoms with Crippen molar-refractivity contribution in [2.24, 2.45) is 0 Å². The molecule has 1 saturated heterocycles. The summed E-state index contributed by atoms with van der Waals surface area (Å²) >= 11 is 6.04. The third-order valence-electron chi connectivity index (χ3n) is 5.51. The van der Waals surface area contributed by atoms with Gasteiger partial charge in [-0.05, 0) is 45.4 Å². The van der Waals surface area contributed by atoms with Gasteiger partial charge in [-0.15, -0.1) is 0 Å². The summed E-state index contributed by atoms with van der Waals surface area (Å²) in [6, 6.07) is 7.18. The maximum Gasteiger partial charge on any atom is 0.255 e. The molecule has 0 atom stereocenters. The van der Waals surface area contributed by atoms with E-state index in [1.54, 1.807) is 37.8 Å². The first-order valence-electron chi connectivity index (χ1n) is 9.97. The molecule has 3 aromatic rings. The van der Waals surface area contributed by atoms with Gasteiger partial charge < -0.3 is 9.42 Å². The number of halogens is 1. The number of carbonyl (C=O) groups is 1. The molecule has 3 heterocycles. The molecule has 0 spiro atoms. The van der Waals surface area contributed by atoms with Gasteiger partial charge in [0.25, 0.3) is 5.91 Å². The van der Waals surface area contributed by atoms with Crippen molar-refractivity contribution in [2.75, 3.05) is 26.2 Å². The second-order valence-electron chi connectivity index (χ2n) is 7.66. The summed E-state index contributed by atoms with van der Waals surface area (Å²) in [5, 5.41) is 5.18. The van der Waals surface area contributed by atoms with Gasteiger partial charge in [-0.2, -0.15) is 4.31 Å². The molecule has 0 saturated carbocycles. The highest BCUT2D eigenvalue weighted by Gasteiger charge is 2.33. The Labute approximate surface area is 185 Å². The van der Waals surface area contributed by atoms with Crippen LogP contribution in [0.25, 0.3) is 10.9 Å².